The van der Waals surface area contributed by atoms with Crippen molar-refractivity contribution in [2.75, 3.05) is 13.6 Å². The minimum absolute atomic E-state index is 0.0708. The van der Waals surface area contributed by atoms with E-state index in [1.165, 1.54) is 11.4 Å². The van der Waals surface area contributed by atoms with Gasteiger partial charge in [0.15, 0.2) is 0 Å². The zero-order valence-corrected chi connectivity index (χ0v) is 13.2. The molecule has 2 fully saturated rings. The molecule has 0 unspecified atom stereocenters. The van der Waals surface area contributed by atoms with Crippen molar-refractivity contribution in [2.45, 2.75) is 57.2 Å². The van der Waals surface area contributed by atoms with Gasteiger partial charge in [0.2, 0.25) is 5.91 Å². The molecule has 2 atom stereocenters. The Morgan fingerprint density at radius 3 is 2.95 bits per heavy atom. The number of amides is 1. The van der Waals surface area contributed by atoms with Crippen molar-refractivity contribution in [1.29, 1.82) is 0 Å². The van der Waals surface area contributed by atoms with Crippen LogP contribution in [0.5, 0.6) is 0 Å². The van der Waals surface area contributed by atoms with Crippen LogP contribution in [0.25, 0.3) is 0 Å². The van der Waals surface area contributed by atoms with Crippen molar-refractivity contribution in [1.82, 2.24) is 14.8 Å². The molecular formula is C15H23N3OS. The number of carbonyl (C=O) groups excluding carboxylic acids is 1. The minimum Gasteiger partial charge on any atom is -0.338 e. The number of aromatic nitrogens is 1. The van der Waals surface area contributed by atoms with Crippen LogP contribution in [0.3, 0.4) is 0 Å². The summed E-state index contributed by atoms with van der Waals surface area (Å²) in [5, 5.41) is 3.23. The predicted octanol–water partition coefficient (Wildman–Crippen LogP) is 2.51. The summed E-state index contributed by atoms with van der Waals surface area (Å²) in [5.74, 6) is 0.319. The normalized spacial score (nSPS) is 31.4. The second kappa shape index (κ2) is 5.45. The Morgan fingerprint density at radius 1 is 1.50 bits per heavy atom. The Kier molecular flexibility index (Phi) is 3.82. The first-order valence-corrected chi connectivity index (χ1v) is 8.44. The molecule has 0 bridgehead atoms. The van der Waals surface area contributed by atoms with Crippen molar-refractivity contribution in [3.8, 4) is 0 Å². The lowest BCUT2D eigenvalue weighted by Gasteiger charge is -2.51. The summed E-state index contributed by atoms with van der Waals surface area (Å²) in [5.41, 5.74) is 0.0708. The molecule has 1 amide bonds. The number of likely N-dealkylation sites (N-methyl/N-ethyl adjacent to an activating group) is 1. The molecule has 0 radical (unpaired) electrons. The average molecular weight is 293 g/mol. The largest absolute Gasteiger partial charge is 0.338 e. The van der Waals surface area contributed by atoms with Gasteiger partial charge in [0.1, 0.15) is 5.01 Å². The lowest BCUT2D eigenvalue weighted by atomic mass is 9.77. The summed E-state index contributed by atoms with van der Waals surface area (Å²) < 4.78 is 0. The monoisotopic (exact) mass is 293 g/mol. The van der Waals surface area contributed by atoms with E-state index in [9.17, 15) is 4.79 Å². The van der Waals surface area contributed by atoms with E-state index in [0.29, 0.717) is 11.9 Å². The molecule has 4 nitrogen and oxygen atoms in total. The second-order valence-corrected chi connectivity index (χ2v) is 6.96. The average Bonchev–Trinajstić information content (AvgIpc) is 3.05. The van der Waals surface area contributed by atoms with E-state index in [1.54, 1.807) is 11.3 Å². The third-order valence-corrected chi connectivity index (χ3v) is 5.90. The van der Waals surface area contributed by atoms with Gasteiger partial charge in [-0.25, -0.2) is 4.98 Å². The Balaban J connectivity index is 1.84. The SMILES string of the molecule is CC[C@@H]1N(Cc2nccs2)CCC[C@]12CCC(=O)N2C. The number of hydrogen-bond donors (Lipinski definition) is 0. The van der Waals surface area contributed by atoms with Crippen LogP contribution >= 0.6 is 11.3 Å². The summed E-state index contributed by atoms with van der Waals surface area (Å²) >= 11 is 1.73. The minimum atomic E-state index is 0.0708. The van der Waals surface area contributed by atoms with Crippen molar-refractivity contribution in [3.63, 3.8) is 0 Å². The van der Waals surface area contributed by atoms with Crippen LogP contribution in [0.2, 0.25) is 0 Å². The highest BCUT2D eigenvalue weighted by molar-refractivity contribution is 7.09. The fourth-order valence-electron chi connectivity index (χ4n) is 4.17. The van der Waals surface area contributed by atoms with Gasteiger partial charge in [0.05, 0.1) is 12.1 Å². The molecule has 2 aliphatic rings. The number of thiazole rings is 1. The Labute approximate surface area is 124 Å². The lowest BCUT2D eigenvalue weighted by Crippen LogP contribution is -2.61. The predicted molar refractivity (Wildman–Crippen MR) is 80.6 cm³/mol. The van der Waals surface area contributed by atoms with Gasteiger partial charge in [0, 0.05) is 31.1 Å². The number of nitrogens with zero attached hydrogens (tertiary/aromatic N) is 3. The fraction of sp³-hybridized carbons (Fsp3) is 0.733. The van der Waals surface area contributed by atoms with Crippen LogP contribution < -0.4 is 0 Å². The third kappa shape index (κ3) is 2.17. The Bertz CT molecular complexity index is 475. The van der Waals surface area contributed by atoms with E-state index < -0.39 is 0 Å². The molecule has 20 heavy (non-hydrogen) atoms. The molecule has 2 saturated heterocycles. The third-order valence-electron chi connectivity index (χ3n) is 5.14. The fourth-order valence-corrected chi connectivity index (χ4v) is 4.81. The topological polar surface area (TPSA) is 36.4 Å². The zero-order chi connectivity index (χ0) is 14.2. The lowest BCUT2D eigenvalue weighted by molar-refractivity contribution is -0.133. The molecule has 0 aliphatic carbocycles. The van der Waals surface area contributed by atoms with Crippen molar-refractivity contribution in [3.05, 3.63) is 16.6 Å². The summed E-state index contributed by atoms with van der Waals surface area (Å²) in [6.45, 7) is 4.31. The van der Waals surface area contributed by atoms with Gasteiger partial charge in [-0.1, -0.05) is 6.92 Å². The Morgan fingerprint density at radius 2 is 2.35 bits per heavy atom. The molecule has 110 valence electrons. The van der Waals surface area contributed by atoms with E-state index in [-0.39, 0.29) is 5.54 Å². The number of hydrogen-bond acceptors (Lipinski definition) is 4. The van der Waals surface area contributed by atoms with E-state index in [4.69, 9.17) is 0 Å². The molecule has 0 aromatic carbocycles. The number of piperidine rings is 1. The van der Waals surface area contributed by atoms with Crippen molar-refractivity contribution < 1.29 is 4.79 Å². The number of rotatable bonds is 3. The van der Waals surface area contributed by atoms with Crippen LogP contribution in [-0.2, 0) is 11.3 Å². The smallest absolute Gasteiger partial charge is 0.222 e. The summed E-state index contributed by atoms with van der Waals surface area (Å²) in [4.78, 5) is 21.1. The van der Waals surface area contributed by atoms with Gasteiger partial charge >= 0.3 is 0 Å². The standard InChI is InChI=1S/C15H23N3OS/c1-3-12-15(7-5-14(19)17(15)2)6-4-9-18(12)11-13-16-8-10-20-13/h8,10,12H,3-7,9,11H2,1-2H3/t12-,15-/m0/s1. The van der Waals surface area contributed by atoms with Gasteiger partial charge in [-0.2, -0.15) is 0 Å². The molecule has 0 saturated carbocycles. The first-order valence-electron chi connectivity index (χ1n) is 7.56. The highest BCUT2D eigenvalue weighted by Crippen LogP contribution is 2.42. The van der Waals surface area contributed by atoms with Crippen LogP contribution in [0.15, 0.2) is 11.6 Å². The van der Waals surface area contributed by atoms with Crippen LogP contribution in [0.4, 0.5) is 0 Å². The van der Waals surface area contributed by atoms with Crippen molar-refractivity contribution in [2.24, 2.45) is 0 Å². The van der Waals surface area contributed by atoms with Gasteiger partial charge in [-0.15, -0.1) is 11.3 Å². The molecular weight excluding hydrogens is 270 g/mol. The van der Waals surface area contributed by atoms with Crippen LogP contribution in [0.1, 0.15) is 44.0 Å². The van der Waals surface area contributed by atoms with Crippen molar-refractivity contribution >= 4 is 17.2 Å². The molecule has 1 spiro atoms. The van der Waals surface area contributed by atoms with Gasteiger partial charge in [-0.3, -0.25) is 9.69 Å². The highest BCUT2D eigenvalue weighted by Gasteiger charge is 2.51. The Hall–Kier alpha value is -0.940. The van der Waals surface area contributed by atoms with E-state index in [0.717, 1.165) is 38.8 Å². The van der Waals surface area contributed by atoms with Gasteiger partial charge in [0.25, 0.3) is 0 Å². The zero-order valence-electron chi connectivity index (χ0n) is 12.3. The van der Waals surface area contributed by atoms with Gasteiger partial charge in [-0.05, 0) is 32.2 Å². The highest BCUT2D eigenvalue weighted by atomic mass is 32.1. The van der Waals surface area contributed by atoms with E-state index in [2.05, 4.69) is 21.7 Å². The summed E-state index contributed by atoms with van der Waals surface area (Å²) in [7, 11) is 2.00. The van der Waals surface area contributed by atoms with E-state index in [1.807, 2.05) is 18.6 Å². The summed E-state index contributed by atoms with van der Waals surface area (Å²) in [6.07, 6.45) is 7.06. The maximum atomic E-state index is 12.0. The molecule has 3 heterocycles. The molecule has 1 aromatic heterocycles. The first-order chi connectivity index (χ1) is 9.67. The summed E-state index contributed by atoms with van der Waals surface area (Å²) in [6, 6.07) is 0.469. The molecule has 0 N–H and O–H groups in total. The number of likely N-dealkylation sites (tertiary alicyclic amines) is 2. The van der Waals surface area contributed by atoms with Crippen LogP contribution in [0, 0.1) is 0 Å². The van der Waals surface area contributed by atoms with E-state index >= 15 is 0 Å². The maximum Gasteiger partial charge on any atom is 0.222 e. The second-order valence-electron chi connectivity index (χ2n) is 5.98. The van der Waals surface area contributed by atoms with Crippen LogP contribution in [-0.4, -0.2) is 45.9 Å². The molecule has 3 rings (SSSR count). The van der Waals surface area contributed by atoms with Gasteiger partial charge < -0.3 is 4.90 Å². The first kappa shape index (κ1) is 14.0. The molecule has 1 aromatic rings. The number of carbonyl (C=O) groups is 1. The quantitative estimate of drug-likeness (QED) is 0.859. The molecule has 2 aliphatic heterocycles. The maximum absolute atomic E-state index is 12.0. The molecule has 5 heteroatoms.